The molecular weight excluding hydrogens is 252 g/mol. The van der Waals surface area contributed by atoms with Crippen LogP contribution in [0.4, 0.5) is 0 Å². The van der Waals surface area contributed by atoms with E-state index >= 15 is 0 Å². The van der Waals surface area contributed by atoms with Crippen LogP contribution in [-0.2, 0) is 10.2 Å². The predicted molar refractivity (Wildman–Crippen MR) is 70.3 cm³/mol. The van der Waals surface area contributed by atoms with Crippen molar-refractivity contribution >= 4 is 10.2 Å². The Kier molecular flexibility index (Phi) is 4.31. The number of nitrogens with zero attached hydrogens (tertiary/aromatic N) is 2. The predicted octanol–water partition coefficient (Wildman–Crippen LogP) is 0.666. The van der Waals surface area contributed by atoms with Gasteiger partial charge in [-0.1, -0.05) is 13.8 Å². The van der Waals surface area contributed by atoms with Gasteiger partial charge in [-0.25, -0.2) is 0 Å². The van der Waals surface area contributed by atoms with Crippen LogP contribution < -0.4 is 0 Å². The highest BCUT2D eigenvalue weighted by Gasteiger charge is 2.36. The molecular formula is C12H24N2O3S. The molecule has 0 spiro atoms. The maximum atomic E-state index is 12.5. The van der Waals surface area contributed by atoms with Crippen LogP contribution in [0.15, 0.2) is 0 Å². The van der Waals surface area contributed by atoms with Gasteiger partial charge in [-0.15, -0.1) is 0 Å². The molecule has 2 aliphatic heterocycles. The molecule has 2 rings (SSSR count). The van der Waals surface area contributed by atoms with E-state index in [0.29, 0.717) is 38.5 Å². The SMILES string of the molecule is CC1CCN(S(=O)(=O)N2CCC(O)C(C)C2)CC1. The zero-order valence-electron chi connectivity index (χ0n) is 11.2. The lowest BCUT2D eigenvalue weighted by Gasteiger charge is -2.38. The van der Waals surface area contributed by atoms with Gasteiger partial charge >= 0.3 is 0 Å². The standard InChI is InChI=1S/C12H24N2O3S/c1-10-3-6-13(7-4-10)18(16,17)14-8-5-12(15)11(2)9-14/h10-12,15H,3-9H2,1-2H3. The molecule has 2 aliphatic rings. The molecule has 0 radical (unpaired) electrons. The lowest BCUT2D eigenvalue weighted by molar-refractivity contribution is 0.0603. The molecule has 2 unspecified atom stereocenters. The van der Waals surface area contributed by atoms with Gasteiger partial charge in [-0.2, -0.15) is 17.0 Å². The van der Waals surface area contributed by atoms with Crippen LogP contribution >= 0.6 is 0 Å². The van der Waals surface area contributed by atoms with E-state index in [9.17, 15) is 13.5 Å². The van der Waals surface area contributed by atoms with Crippen LogP contribution in [0.2, 0.25) is 0 Å². The van der Waals surface area contributed by atoms with E-state index in [4.69, 9.17) is 0 Å². The molecule has 2 saturated heterocycles. The van der Waals surface area contributed by atoms with E-state index in [1.54, 1.807) is 8.61 Å². The summed E-state index contributed by atoms with van der Waals surface area (Å²) >= 11 is 0. The minimum Gasteiger partial charge on any atom is -0.393 e. The summed E-state index contributed by atoms with van der Waals surface area (Å²) in [6, 6.07) is 0. The monoisotopic (exact) mass is 276 g/mol. The number of aliphatic hydroxyl groups is 1. The first-order valence-corrected chi connectivity index (χ1v) is 8.24. The average molecular weight is 276 g/mol. The molecule has 0 aromatic carbocycles. The molecule has 0 saturated carbocycles. The third-order valence-electron chi connectivity index (χ3n) is 4.22. The summed E-state index contributed by atoms with van der Waals surface area (Å²) in [5.41, 5.74) is 0. The summed E-state index contributed by atoms with van der Waals surface area (Å²) < 4.78 is 28.1. The quantitative estimate of drug-likeness (QED) is 0.806. The Hall–Kier alpha value is -0.170. The largest absolute Gasteiger partial charge is 0.393 e. The van der Waals surface area contributed by atoms with E-state index in [1.165, 1.54) is 0 Å². The van der Waals surface area contributed by atoms with Crippen molar-refractivity contribution in [2.45, 2.75) is 39.2 Å². The summed E-state index contributed by atoms with van der Waals surface area (Å²) in [4.78, 5) is 0. The fourth-order valence-corrected chi connectivity index (χ4v) is 4.44. The van der Waals surface area contributed by atoms with Crippen molar-refractivity contribution in [1.29, 1.82) is 0 Å². The minimum atomic E-state index is -3.31. The highest BCUT2D eigenvalue weighted by Crippen LogP contribution is 2.24. The van der Waals surface area contributed by atoms with E-state index in [1.807, 2.05) is 6.92 Å². The Bertz CT molecular complexity index is 377. The van der Waals surface area contributed by atoms with Gasteiger partial charge in [0, 0.05) is 26.2 Å². The molecule has 18 heavy (non-hydrogen) atoms. The van der Waals surface area contributed by atoms with E-state index in [0.717, 1.165) is 12.8 Å². The van der Waals surface area contributed by atoms with Crippen molar-refractivity contribution in [2.24, 2.45) is 11.8 Å². The maximum absolute atomic E-state index is 12.5. The molecule has 2 fully saturated rings. The fourth-order valence-electron chi connectivity index (χ4n) is 2.68. The second-order valence-electron chi connectivity index (χ2n) is 5.78. The topological polar surface area (TPSA) is 60.9 Å². The van der Waals surface area contributed by atoms with Gasteiger partial charge in [0.25, 0.3) is 10.2 Å². The van der Waals surface area contributed by atoms with Gasteiger partial charge < -0.3 is 5.11 Å². The highest BCUT2D eigenvalue weighted by molar-refractivity contribution is 7.86. The van der Waals surface area contributed by atoms with Gasteiger partial charge in [-0.05, 0) is 31.1 Å². The first-order chi connectivity index (χ1) is 8.41. The maximum Gasteiger partial charge on any atom is 0.281 e. The van der Waals surface area contributed by atoms with Crippen LogP contribution in [0.3, 0.4) is 0 Å². The first kappa shape index (κ1) is 14.2. The zero-order valence-corrected chi connectivity index (χ0v) is 12.1. The Morgan fingerprint density at radius 3 is 2.11 bits per heavy atom. The molecule has 0 amide bonds. The second-order valence-corrected chi connectivity index (χ2v) is 7.71. The molecule has 0 bridgehead atoms. The lowest BCUT2D eigenvalue weighted by Crippen LogP contribution is -2.52. The number of aliphatic hydroxyl groups excluding tert-OH is 1. The van der Waals surface area contributed by atoms with Crippen LogP contribution in [0.1, 0.15) is 33.1 Å². The van der Waals surface area contributed by atoms with E-state index in [-0.39, 0.29) is 12.0 Å². The molecule has 0 aromatic heterocycles. The molecule has 0 aromatic rings. The summed E-state index contributed by atoms with van der Waals surface area (Å²) in [6.07, 6.45) is 2.08. The Morgan fingerprint density at radius 1 is 1.00 bits per heavy atom. The van der Waals surface area contributed by atoms with E-state index < -0.39 is 10.2 Å². The van der Waals surface area contributed by atoms with Crippen LogP contribution in [0.25, 0.3) is 0 Å². The smallest absolute Gasteiger partial charge is 0.281 e. The third-order valence-corrected chi connectivity index (χ3v) is 6.22. The number of hydrogen-bond acceptors (Lipinski definition) is 3. The number of piperidine rings is 2. The molecule has 2 atom stereocenters. The molecule has 106 valence electrons. The third kappa shape index (κ3) is 2.87. The molecule has 0 aliphatic carbocycles. The van der Waals surface area contributed by atoms with Gasteiger partial charge in [0.2, 0.25) is 0 Å². The molecule has 2 heterocycles. The normalized spacial score (nSPS) is 33.7. The van der Waals surface area contributed by atoms with Crippen molar-refractivity contribution < 1.29 is 13.5 Å². The molecule has 5 nitrogen and oxygen atoms in total. The summed E-state index contributed by atoms with van der Waals surface area (Å²) in [5.74, 6) is 0.649. The van der Waals surface area contributed by atoms with Gasteiger partial charge in [0.1, 0.15) is 0 Å². The Balaban J connectivity index is 2.02. The summed E-state index contributed by atoms with van der Waals surface area (Å²) in [7, 11) is -3.31. The molecule has 1 N–H and O–H groups in total. The van der Waals surface area contributed by atoms with Crippen molar-refractivity contribution in [3.8, 4) is 0 Å². The number of hydrogen-bond donors (Lipinski definition) is 1. The number of rotatable bonds is 2. The second kappa shape index (κ2) is 5.45. The van der Waals surface area contributed by atoms with Crippen molar-refractivity contribution in [3.63, 3.8) is 0 Å². The van der Waals surface area contributed by atoms with E-state index in [2.05, 4.69) is 6.92 Å². The summed E-state index contributed by atoms with van der Waals surface area (Å²) in [6.45, 7) is 6.23. The van der Waals surface area contributed by atoms with Gasteiger partial charge in [0.05, 0.1) is 6.10 Å². The van der Waals surface area contributed by atoms with Crippen LogP contribution in [0.5, 0.6) is 0 Å². The molecule has 6 heteroatoms. The summed E-state index contributed by atoms with van der Waals surface area (Å²) in [5, 5.41) is 9.67. The van der Waals surface area contributed by atoms with Gasteiger partial charge in [0.15, 0.2) is 0 Å². The van der Waals surface area contributed by atoms with Crippen molar-refractivity contribution in [2.75, 3.05) is 26.2 Å². The average Bonchev–Trinajstić information content (AvgIpc) is 2.33. The van der Waals surface area contributed by atoms with Crippen LogP contribution in [-0.4, -0.2) is 54.4 Å². The fraction of sp³-hybridized carbons (Fsp3) is 1.00. The lowest BCUT2D eigenvalue weighted by atomic mass is 9.99. The van der Waals surface area contributed by atoms with Crippen LogP contribution in [0, 0.1) is 11.8 Å². The minimum absolute atomic E-state index is 0.0252. The first-order valence-electron chi connectivity index (χ1n) is 6.84. The Labute approximate surface area is 110 Å². The highest BCUT2D eigenvalue weighted by atomic mass is 32.2. The van der Waals surface area contributed by atoms with Crippen molar-refractivity contribution in [1.82, 2.24) is 8.61 Å². The Morgan fingerprint density at radius 2 is 1.56 bits per heavy atom. The van der Waals surface area contributed by atoms with Crippen molar-refractivity contribution in [3.05, 3.63) is 0 Å². The zero-order chi connectivity index (χ0) is 13.3. The van der Waals surface area contributed by atoms with Gasteiger partial charge in [-0.3, -0.25) is 0 Å².